The summed E-state index contributed by atoms with van der Waals surface area (Å²) in [5.41, 5.74) is 0.686. The van der Waals surface area contributed by atoms with E-state index in [9.17, 15) is 13.2 Å². The number of benzene rings is 1. The fourth-order valence-corrected chi connectivity index (χ4v) is 4.97. The molecule has 6 nitrogen and oxygen atoms in total. The van der Waals surface area contributed by atoms with Gasteiger partial charge in [-0.25, -0.2) is 17.7 Å². The zero-order valence-electron chi connectivity index (χ0n) is 15.8. The molecule has 0 radical (unpaired) electrons. The predicted molar refractivity (Wildman–Crippen MR) is 107 cm³/mol. The molecule has 0 saturated carbocycles. The summed E-state index contributed by atoms with van der Waals surface area (Å²) in [5, 5.41) is 3.42. The van der Waals surface area contributed by atoms with E-state index in [1.807, 2.05) is 0 Å². The first-order chi connectivity index (χ1) is 12.3. The molecule has 1 amide bonds. The highest BCUT2D eigenvalue weighted by Crippen LogP contribution is 2.29. The lowest BCUT2D eigenvalue weighted by molar-refractivity contribution is -0.120. The Morgan fingerprint density at radius 1 is 1.23 bits per heavy atom. The molecule has 1 N–H and O–H groups in total. The van der Waals surface area contributed by atoms with Crippen LogP contribution in [-0.4, -0.2) is 37.2 Å². The Bertz CT molecular complexity index is 856. The number of thiazole rings is 1. The van der Waals surface area contributed by atoms with Crippen LogP contribution in [-0.2, 0) is 14.8 Å². The van der Waals surface area contributed by atoms with Crippen molar-refractivity contribution in [2.24, 2.45) is 5.92 Å². The molecule has 0 aliphatic rings. The lowest BCUT2D eigenvalue weighted by Gasteiger charge is -2.14. The number of nitrogens with one attached hydrogen (secondary N) is 1. The van der Waals surface area contributed by atoms with E-state index in [4.69, 9.17) is 0 Å². The molecule has 0 aliphatic carbocycles. The molecule has 1 aromatic heterocycles. The maximum atomic E-state index is 12.5. The van der Waals surface area contributed by atoms with Gasteiger partial charge in [-0.1, -0.05) is 44.9 Å². The second-order valence-corrected chi connectivity index (χ2v) is 9.41. The average Bonchev–Trinajstić information content (AvgIpc) is 3.01. The number of amides is 1. The number of carbonyl (C=O) groups is 1. The van der Waals surface area contributed by atoms with Gasteiger partial charge in [-0.2, -0.15) is 0 Å². The molecule has 0 spiro atoms. The zero-order chi connectivity index (χ0) is 19.3. The van der Waals surface area contributed by atoms with Gasteiger partial charge in [-0.15, -0.1) is 0 Å². The van der Waals surface area contributed by atoms with Crippen LogP contribution in [0.4, 0.5) is 5.13 Å². The first kappa shape index (κ1) is 20.8. The summed E-state index contributed by atoms with van der Waals surface area (Å²) in [7, 11) is -1.94. The van der Waals surface area contributed by atoms with Crippen LogP contribution in [0.3, 0.4) is 0 Å². The fraction of sp³-hybridized carbons (Fsp3) is 0.556. The Morgan fingerprint density at radius 3 is 2.46 bits per heavy atom. The van der Waals surface area contributed by atoms with Gasteiger partial charge in [-0.05, 0) is 31.0 Å². The molecular weight excluding hydrogens is 370 g/mol. The Kier molecular flexibility index (Phi) is 7.14. The molecular formula is C18H27N3O3S2. The van der Waals surface area contributed by atoms with Gasteiger partial charge in [0.15, 0.2) is 5.13 Å². The van der Waals surface area contributed by atoms with E-state index in [1.165, 1.54) is 15.6 Å². The van der Waals surface area contributed by atoms with Crippen LogP contribution in [0.2, 0.25) is 0 Å². The summed E-state index contributed by atoms with van der Waals surface area (Å²) in [5.74, 6) is -0.0162. The summed E-state index contributed by atoms with van der Waals surface area (Å²) in [6, 6.07) is 4.87. The van der Waals surface area contributed by atoms with Gasteiger partial charge in [0.05, 0.1) is 15.1 Å². The van der Waals surface area contributed by atoms with Crippen molar-refractivity contribution in [1.29, 1.82) is 0 Å². The first-order valence-corrected chi connectivity index (χ1v) is 11.3. The Hall–Kier alpha value is -1.51. The number of fused-ring (bicyclic) bond motifs is 1. The lowest BCUT2D eigenvalue weighted by atomic mass is 9.97. The number of aromatic nitrogens is 1. The Balaban J connectivity index is 2.25. The summed E-state index contributed by atoms with van der Waals surface area (Å²) in [6.07, 6.45) is 3.64. The molecule has 2 aromatic rings. The van der Waals surface area contributed by atoms with E-state index in [1.54, 1.807) is 32.2 Å². The van der Waals surface area contributed by atoms with E-state index < -0.39 is 10.0 Å². The minimum atomic E-state index is -3.50. The highest BCUT2D eigenvalue weighted by Gasteiger charge is 2.21. The molecule has 0 atom stereocenters. The number of anilines is 1. The van der Waals surface area contributed by atoms with Crippen LogP contribution in [0.15, 0.2) is 23.1 Å². The number of rotatable bonds is 9. The molecule has 26 heavy (non-hydrogen) atoms. The quantitative estimate of drug-likeness (QED) is 0.691. The third-order valence-corrected chi connectivity index (χ3v) is 7.25. The Labute approximate surface area is 159 Å². The minimum Gasteiger partial charge on any atom is -0.302 e. The van der Waals surface area contributed by atoms with Gasteiger partial charge in [0.25, 0.3) is 0 Å². The van der Waals surface area contributed by atoms with Gasteiger partial charge in [-0.3, -0.25) is 4.79 Å². The van der Waals surface area contributed by atoms with Crippen LogP contribution in [0, 0.1) is 5.92 Å². The molecule has 0 aliphatic heterocycles. The normalized spacial score (nSPS) is 12.2. The van der Waals surface area contributed by atoms with Gasteiger partial charge in [0, 0.05) is 19.5 Å². The highest BCUT2D eigenvalue weighted by molar-refractivity contribution is 7.89. The number of hydrogen-bond donors (Lipinski definition) is 1. The molecule has 8 heteroatoms. The number of sulfonamides is 1. The smallest absolute Gasteiger partial charge is 0.242 e. The van der Waals surface area contributed by atoms with Gasteiger partial charge >= 0.3 is 0 Å². The molecule has 0 saturated heterocycles. The van der Waals surface area contributed by atoms with E-state index >= 15 is 0 Å². The van der Waals surface area contributed by atoms with Crippen molar-refractivity contribution in [3.8, 4) is 0 Å². The molecule has 1 aromatic carbocycles. The first-order valence-electron chi connectivity index (χ1n) is 9.01. The van der Waals surface area contributed by atoms with Crippen LogP contribution < -0.4 is 5.32 Å². The van der Waals surface area contributed by atoms with Crippen molar-refractivity contribution < 1.29 is 13.2 Å². The standard InChI is InChI=1S/C18H27N3O3S2/c1-5-8-13(9-6-2)17(22)20-18-19-15-11-10-14(12-16(15)25-18)26(23,24)21(4)7-3/h10-13H,5-9H2,1-4H3,(H,19,20,22). The fourth-order valence-electron chi connectivity index (χ4n) is 2.78. The topological polar surface area (TPSA) is 79.4 Å². The van der Waals surface area contributed by atoms with Crippen LogP contribution in [0.25, 0.3) is 10.2 Å². The Morgan fingerprint density at radius 2 is 1.88 bits per heavy atom. The molecule has 144 valence electrons. The largest absolute Gasteiger partial charge is 0.302 e. The van der Waals surface area contributed by atoms with Crippen molar-refractivity contribution in [1.82, 2.24) is 9.29 Å². The monoisotopic (exact) mass is 397 g/mol. The zero-order valence-corrected chi connectivity index (χ0v) is 17.4. The second kappa shape index (κ2) is 8.92. The maximum absolute atomic E-state index is 12.5. The van der Waals surface area contributed by atoms with Crippen molar-refractivity contribution in [2.75, 3.05) is 18.9 Å². The molecule has 0 fully saturated rings. The summed E-state index contributed by atoms with van der Waals surface area (Å²) < 4.78 is 27.0. The SMILES string of the molecule is CCCC(CCC)C(=O)Nc1nc2ccc(S(=O)(=O)N(C)CC)cc2s1. The third-order valence-electron chi connectivity index (χ3n) is 4.39. The van der Waals surface area contributed by atoms with Gasteiger partial charge < -0.3 is 5.32 Å². The summed E-state index contributed by atoms with van der Waals surface area (Å²) >= 11 is 1.30. The van der Waals surface area contributed by atoms with Crippen molar-refractivity contribution in [2.45, 2.75) is 51.3 Å². The van der Waals surface area contributed by atoms with Crippen molar-refractivity contribution >= 4 is 42.6 Å². The third kappa shape index (κ3) is 4.61. The average molecular weight is 398 g/mol. The van der Waals surface area contributed by atoms with E-state index in [2.05, 4.69) is 24.1 Å². The van der Waals surface area contributed by atoms with Gasteiger partial charge in [0.1, 0.15) is 0 Å². The maximum Gasteiger partial charge on any atom is 0.242 e. The highest BCUT2D eigenvalue weighted by atomic mass is 32.2. The lowest BCUT2D eigenvalue weighted by Crippen LogP contribution is -2.26. The number of hydrogen-bond acceptors (Lipinski definition) is 5. The predicted octanol–water partition coefficient (Wildman–Crippen LogP) is 4.09. The molecule has 1 heterocycles. The van der Waals surface area contributed by atoms with Crippen molar-refractivity contribution in [3.05, 3.63) is 18.2 Å². The van der Waals surface area contributed by atoms with Crippen molar-refractivity contribution in [3.63, 3.8) is 0 Å². The molecule has 0 bridgehead atoms. The van der Waals surface area contributed by atoms with E-state index in [-0.39, 0.29) is 16.7 Å². The molecule has 0 unspecified atom stereocenters. The summed E-state index contributed by atoms with van der Waals surface area (Å²) in [6.45, 7) is 6.34. The second-order valence-electron chi connectivity index (χ2n) is 6.33. The van der Waals surface area contributed by atoms with Crippen LogP contribution in [0.5, 0.6) is 0 Å². The van der Waals surface area contributed by atoms with E-state index in [0.29, 0.717) is 17.2 Å². The number of nitrogens with zero attached hydrogens (tertiary/aromatic N) is 2. The van der Waals surface area contributed by atoms with Crippen LogP contribution in [0.1, 0.15) is 46.5 Å². The summed E-state index contributed by atoms with van der Waals surface area (Å²) in [4.78, 5) is 17.1. The minimum absolute atomic E-state index is 0.00804. The van der Waals surface area contributed by atoms with Gasteiger partial charge in [0.2, 0.25) is 15.9 Å². The van der Waals surface area contributed by atoms with Crippen LogP contribution >= 0.6 is 11.3 Å². The van der Waals surface area contributed by atoms with E-state index in [0.717, 1.165) is 30.4 Å². The number of carbonyl (C=O) groups excluding carboxylic acids is 1. The molecule has 2 rings (SSSR count).